The van der Waals surface area contributed by atoms with Crippen LogP contribution in [0.1, 0.15) is 32.6 Å². The first kappa shape index (κ1) is 15.8. The summed E-state index contributed by atoms with van der Waals surface area (Å²) < 4.78 is 0. The lowest BCUT2D eigenvalue weighted by Gasteiger charge is -2.33. The fourth-order valence-electron chi connectivity index (χ4n) is 2.27. The number of likely N-dealkylation sites (tertiary alicyclic amines) is 1. The number of carbonyl (C=O) groups is 2. The number of piperidine rings is 1. The van der Waals surface area contributed by atoms with Crippen LogP contribution in [0.3, 0.4) is 0 Å². The van der Waals surface area contributed by atoms with Crippen LogP contribution in [0.25, 0.3) is 0 Å². The Bertz CT molecular complexity index is 302. The van der Waals surface area contributed by atoms with E-state index in [1.807, 2.05) is 0 Å². The van der Waals surface area contributed by atoms with Crippen molar-refractivity contribution in [3.8, 4) is 0 Å². The summed E-state index contributed by atoms with van der Waals surface area (Å²) in [7, 11) is 1.63. The number of urea groups is 1. The highest BCUT2D eigenvalue weighted by Crippen LogP contribution is 2.10. The molecule has 2 N–H and O–H groups in total. The second-order valence-electron chi connectivity index (χ2n) is 5.13. The van der Waals surface area contributed by atoms with Gasteiger partial charge in [0.2, 0.25) is 0 Å². The standard InChI is InChI=1S/C13H25N3O3/c1-3-7-16-9-4-11(5-10-16)14-13(19)15(2)8-6-12(17)18/h11H,3-10H2,1-2H3,(H,14,19)(H,17,18). The summed E-state index contributed by atoms with van der Waals surface area (Å²) in [4.78, 5) is 26.1. The minimum absolute atomic E-state index is 0.0150. The zero-order valence-electron chi connectivity index (χ0n) is 11.9. The van der Waals surface area contributed by atoms with Gasteiger partial charge in [0.15, 0.2) is 0 Å². The van der Waals surface area contributed by atoms with Gasteiger partial charge in [0.05, 0.1) is 6.42 Å². The third kappa shape index (κ3) is 5.92. The predicted molar refractivity (Wildman–Crippen MR) is 73.2 cm³/mol. The van der Waals surface area contributed by atoms with Crippen molar-refractivity contribution in [2.24, 2.45) is 0 Å². The summed E-state index contributed by atoms with van der Waals surface area (Å²) in [5.74, 6) is -0.882. The number of nitrogens with one attached hydrogen (secondary N) is 1. The van der Waals surface area contributed by atoms with Crippen LogP contribution in [-0.2, 0) is 4.79 Å². The van der Waals surface area contributed by atoms with Crippen LogP contribution in [0.2, 0.25) is 0 Å². The fourth-order valence-corrected chi connectivity index (χ4v) is 2.27. The van der Waals surface area contributed by atoms with Crippen LogP contribution in [0.4, 0.5) is 4.79 Å². The van der Waals surface area contributed by atoms with Crippen LogP contribution in [-0.4, -0.2) is 66.2 Å². The molecule has 1 fully saturated rings. The summed E-state index contributed by atoms with van der Waals surface area (Å²) in [5, 5.41) is 11.6. The van der Waals surface area contributed by atoms with Gasteiger partial charge in [-0.25, -0.2) is 4.79 Å². The Hall–Kier alpha value is -1.30. The molecule has 6 heteroatoms. The molecular formula is C13H25N3O3. The van der Waals surface area contributed by atoms with E-state index >= 15 is 0 Å². The van der Waals surface area contributed by atoms with Crippen molar-refractivity contribution in [3.05, 3.63) is 0 Å². The predicted octanol–water partition coefficient (Wildman–Crippen LogP) is 0.977. The summed E-state index contributed by atoms with van der Waals surface area (Å²) in [6.45, 7) is 5.59. The second kappa shape index (κ2) is 7.99. The van der Waals surface area contributed by atoms with Gasteiger partial charge in [0, 0.05) is 32.7 Å². The van der Waals surface area contributed by atoms with Gasteiger partial charge in [-0.2, -0.15) is 0 Å². The highest BCUT2D eigenvalue weighted by Gasteiger charge is 2.21. The van der Waals surface area contributed by atoms with Gasteiger partial charge < -0.3 is 20.2 Å². The minimum atomic E-state index is -0.882. The molecule has 0 aromatic heterocycles. The molecule has 0 saturated carbocycles. The zero-order valence-corrected chi connectivity index (χ0v) is 11.9. The van der Waals surface area contributed by atoms with E-state index in [4.69, 9.17) is 5.11 Å². The number of amides is 2. The lowest BCUT2D eigenvalue weighted by molar-refractivity contribution is -0.137. The van der Waals surface area contributed by atoms with Gasteiger partial charge in [-0.15, -0.1) is 0 Å². The molecule has 1 aliphatic heterocycles. The number of nitrogens with zero attached hydrogens (tertiary/aromatic N) is 2. The van der Waals surface area contributed by atoms with E-state index in [-0.39, 0.29) is 25.0 Å². The molecule has 0 aromatic rings. The maximum atomic E-state index is 11.8. The molecule has 0 bridgehead atoms. The van der Waals surface area contributed by atoms with Crippen molar-refractivity contribution in [1.82, 2.24) is 15.1 Å². The highest BCUT2D eigenvalue weighted by molar-refractivity contribution is 5.75. The van der Waals surface area contributed by atoms with Crippen molar-refractivity contribution in [1.29, 1.82) is 0 Å². The molecular weight excluding hydrogens is 246 g/mol. The normalized spacial score (nSPS) is 17.2. The van der Waals surface area contributed by atoms with Crippen molar-refractivity contribution in [2.75, 3.05) is 33.2 Å². The largest absolute Gasteiger partial charge is 0.481 e. The molecule has 1 saturated heterocycles. The van der Waals surface area contributed by atoms with Gasteiger partial charge in [-0.1, -0.05) is 6.92 Å². The molecule has 0 unspecified atom stereocenters. The third-order valence-electron chi connectivity index (χ3n) is 3.46. The SMILES string of the molecule is CCCN1CCC(NC(=O)N(C)CCC(=O)O)CC1. The first-order valence-corrected chi connectivity index (χ1v) is 6.98. The smallest absolute Gasteiger partial charge is 0.317 e. The lowest BCUT2D eigenvalue weighted by Crippen LogP contribution is -2.48. The van der Waals surface area contributed by atoms with Crippen LogP contribution in [0.15, 0.2) is 0 Å². The molecule has 0 aromatic carbocycles. The average molecular weight is 271 g/mol. The quantitative estimate of drug-likeness (QED) is 0.755. The molecule has 0 radical (unpaired) electrons. The molecule has 1 aliphatic rings. The minimum Gasteiger partial charge on any atom is -0.481 e. The van der Waals surface area contributed by atoms with E-state index in [2.05, 4.69) is 17.1 Å². The average Bonchev–Trinajstić information content (AvgIpc) is 2.38. The molecule has 19 heavy (non-hydrogen) atoms. The number of hydrogen-bond acceptors (Lipinski definition) is 3. The number of rotatable bonds is 6. The number of carboxylic acid groups (broad SMARTS) is 1. The molecule has 2 amide bonds. The van der Waals surface area contributed by atoms with E-state index in [1.165, 1.54) is 4.90 Å². The topological polar surface area (TPSA) is 72.9 Å². The summed E-state index contributed by atoms with van der Waals surface area (Å²) >= 11 is 0. The molecule has 0 atom stereocenters. The Kier molecular flexibility index (Phi) is 6.62. The van der Waals surface area contributed by atoms with E-state index in [0.29, 0.717) is 0 Å². The van der Waals surface area contributed by atoms with Gasteiger partial charge in [0.1, 0.15) is 0 Å². The molecule has 0 spiro atoms. The van der Waals surface area contributed by atoms with Crippen molar-refractivity contribution < 1.29 is 14.7 Å². The van der Waals surface area contributed by atoms with Gasteiger partial charge in [-0.3, -0.25) is 4.79 Å². The summed E-state index contributed by atoms with van der Waals surface area (Å²) in [6.07, 6.45) is 3.09. The molecule has 6 nitrogen and oxygen atoms in total. The molecule has 1 heterocycles. The Labute approximate surface area is 114 Å². The van der Waals surface area contributed by atoms with Crippen LogP contribution in [0.5, 0.6) is 0 Å². The summed E-state index contributed by atoms with van der Waals surface area (Å²) in [6, 6.07) is 0.0445. The van der Waals surface area contributed by atoms with E-state index in [9.17, 15) is 9.59 Å². The number of hydrogen-bond donors (Lipinski definition) is 2. The van der Waals surface area contributed by atoms with Gasteiger partial charge >= 0.3 is 12.0 Å². The van der Waals surface area contributed by atoms with Crippen LogP contribution in [0, 0.1) is 0 Å². The highest BCUT2D eigenvalue weighted by atomic mass is 16.4. The van der Waals surface area contributed by atoms with Gasteiger partial charge in [0.25, 0.3) is 0 Å². The zero-order chi connectivity index (χ0) is 14.3. The maximum absolute atomic E-state index is 11.8. The maximum Gasteiger partial charge on any atom is 0.317 e. The lowest BCUT2D eigenvalue weighted by atomic mass is 10.1. The molecule has 0 aliphatic carbocycles. The number of carboxylic acids is 1. The third-order valence-corrected chi connectivity index (χ3v) is 3.46. The summed E-state index contributed by atoms with van der Waals surface area (Å²) in [5.41, 5.74) is 0. The van der Waals surface area contributed by atoms with Crippen LogP contribution >= 0.6 is 0 Å². The monoisotopic (exact) mass is 271 g/mol. The van der Waals surface area contributed by atoms with E-state index in [1.54, 1.807) is 7.05 Å². The Morgan fingerprint density at radius 3 is 2.53 bits per heavy atom. The van der Waals surface area contributed by atoms with E-state index < -0.39 is 5.97 Å². The number of aliphatic carboxylic acids is 1. The Morgan fingerprint density at radius 2 is 2.00 bits per heavy atom. The van der Waals surface area contributed by atoms with Crippen molar-refractivity contribution in [2.45, 2.75) is 38.6 Å². The first-order chi connectivity index (χ1) is 9.02. The first-order valence-electron chi connectivity index (χ1n) is 6.98. The fraction of sp³-hybridized carbons (Fsp3) is 0.846. The Balaban J connectivity index is 2.24. The van der Waals surface area contributed by atoms with E-state index in [0.717, 1.165) is 38.9 Å². The van der Waals surface area contributed by atoms with Gasteiger partial charge in [-0.05, 0) is 25.8 Å². The number of carbonyl (C=O) groups excluding carboxylic acids is 1. The molecule has 110 valence electrons. The molecule has 1 rings (SSSR count). The van der Waals surface area contributed by atoms with Crippen LogP contribution < -0.4 is 5.32 Å². The second-order valence-corrected chi connectivity index (χ2v) is 5.13. The Morgan fingerprint density at radius 1 is 1.37 bits per heavy atom. The van der Waals surface area contributed by atoms with Crippen molar-refractivity contribution >= 4 is 12.0 Å². The van der Waals surface area contributed by atoms with Crippen molar-refractivity contribution in [3.63, 3.8) is 0 Å².